The predicted octanol–water partition coefficient (Wildman–Crippen LogP) is 1.10. The molecule has 1 heterocycles. The summed E-state index contributed by atoms with van der Waals surface area (Å²) in [4.78, 5) is 0. The number of benzene rings is 1. The normalized spacial score (nSPS) is 23.4. The third-order valence-electron chi connectivity index (χ3n) is 2.93. The summed E-state index contributed by atoms with van der Waals surface area (Å²) in [6.07, 6.45) is 0.0322. The van der Waals surface area contributed by atoms with Gasteiger partial charge in [-0.15, -0.1) is 0 Å². The Morgan fingerprint density at radius 3 is 3.06 bits per heavy atom. The van der Waals surface area contributed by atoms with Crippen molar-refractivity contribution < 1.29 is 9.13 Å². The van der Waals surface area contributed by atoms with Crippen LogP contribution in [0.15, 0.2) is 18.2 Å². The van der Waals surface area contributed by atoms with Gasteiger partial charge < -0.3 is 15.4 Å². The van der Waals surface area contributed by atoms with Crippen LogP contribution in [0.2, 0.25) is 0 Å². The van der Waals surface area contributed by atoms with E-state index in [1.54, 1.807) is 19.2 Å². The van der Waals surface area contributed by atoms with Gasteiger partial charge in [0.25, 0.3) is 0 Å². The summed E-state index contributed by atoms with van der Waals surface area (Å²) in [6, 6.07) is 6.49. The number of hydrogen-bond donors (Lipinski definition) is 2. The molecule has 0 saturated carbocycles. The standard InChI is InChI=1S/C12H14FN3O/c1-17-12-7-15-6-11(12)16-10-4-2-3-9(13)8(10)5-14/h2-4,11-12,15-16H,6-7H2,1H3/t11?,12-/m0/s1. The first kappa shape index (κ1) is 11.8. The molecule has 0 aromatic heterocycles. The first-order valence-corrected chi connectivity index (χ1v) is 5.45. The Morgan fingerprint density at radius 2 is 2.35 bits per heavy atom. The van der Waals surface area contributed by atoms with Crippen molar-refractivity contribution in [3.8, 4) is 6.07 Å². The van der Waals surface area contributed by atoms with Gasteiger partial charge in [-0.2, -0.15) is 5.26 Å². The number of anilines is 1. The molecule has 0 spiro atoms. The van der Waals surface area contributed by atoms with Gasteiger partial charge in [0.05, 0.1) is 17.8 Å². The number of halogens is 1. The van der Waals surface area contributed by atoms with Gasteiger partial charge in [-0.05, 0) is 12.1 Å². The molecule has 17 heavy (non-hydrogen) atoms. The average molecular weight is 235 g/mol. The maximum Gasteiger partial charge on any atom is 0.143 e. The van der Waals surface area contributed by atoms with Gasteiger partial charge >= 0.3 is 0 Å². The maximum absolute atomic E-state index is 13.4. The fraction of sp³-hybridized carbons (Fsp3) is 0.417. The van der Waals surface area contributed by atoms with Crippen molar-refractivity contribution >= 4 is 5.69 Å². The highest BCUT2D eigenvalue weighted by Crippen LogP contribution is 2.20. The number of nitrogens with one attached hydrogen (secondary N) is 2. The lowest BCUT2D eigenvalue weighted by Crippen LogP contribution is -2.33. The van der Waals surface area contributed by atoms with Crippen LogP contribution in [0.1, 0.15) is 5.56 Å². The zero-order chi connectivity index (χ0) is 12.3. The molecule has 1 aliphatic rings. The van der Waals surface area contributed by atoms with Crippen molar-refractivity contribution in [3.63, 3.8) is 0 Å². The van der Waals surface area contributed by atoms with E-state index >= 15 is 0 Å². The third-order valence-corrected chi connectivity index (χ3v) is 2.93. The molecule has 4 nitrogen and oxygen atoms in total. The van der Waals surface area contributed by atoms with Crippen molar-refractivity contribution in [1.82, 2.24) is 5.32 Å². The third kappa shape index (κ3) is 2.38. The molecule has 1 aromatic carbocycles. The Bertz CT molecular complexity index is 444. The molecule has 2 N–H and O–H groups in total. The van der Waals surface area contributed by atoms with E-state index in [9.17, 15) is 4.39 Å². The van der Waals surface area contributed by atoms with E-state index in [0.717, 1.165) is 13.1 Å². The highest BCUT2D eigenvalue weighted by Gasteiger charge is 2.27. The summed E-state index contributed by atoms with van der Waals surface area (Å²) >= 11 is 0. The van der Waals surface area contributed by atoms with Crippen LogP contribution in [0.5, 0.6) is 0 Å². The van der Waals surface area contributed by atoms with Gasteiger partial charge in [-0.1, -0.05) is 6.07 Å². The summed E-state index contributed by atoms with van der Waals surface area (Å²) in [5.41, 5.74) is 0.567. The summed E-state index contributed by atoms with van der Waals surface area (Å²) in [5.74, 6) is -0.502. The molecule has 1 unspecified atom stereocenters. The van der Waals surface area contributed by atoms with Crippen LogP contribution in [-0.4, -0.2) is 32.3 Å². The summed E-state index contributed by atoms with van der Waals surface area (Å²) < 4.78 is 18.7. The van der Waals surface area contributed by atoms with E-state index in [4.69, 9.17) is 10.00 Å². The van der Waals surface area contributed by atoms with Crippen LogP contribution in [0.3, 0.4) is 0 Å². The van der Waals surface area contributed by atoms with E-state index in [1.807, 2.05) is 6.07 Å². The average Bonchev–Trinajstić information content (AvgIpc) is 2.77. The summed E-state index contributed by atoms with van der Waals surface area (Å²) in [6.45, 7) is 1.49. The van der Waals surface area contributed by atoms with Crippen LogP contribution < -0.4 is 10.6 Å². The SMILES string of the molecule is CO[C@H]1CNCC1Nc1cccc(F)c1C#N. The Morgan fingerprint density at radius 1 is 1.53 bits per heavy atom. The first-order chi connectivity index (χ1) is 8.26. The van der Waals surface area contributed by atoms with E-state index in [-0.39, 0.29) is 17.7 Å². The van der Waals surface area contributed by atoms with Gasteiger partial charge in [0, 0.05) is 20.2 Å². The Balaban J connectivity index is 2.19. The molecule has 2 atom stereocenters. The molecule has 0 radical (unpaired) electrons. The fourth-order valence-corrected chi connectivity index (χ4v) is 2.00. The zero-order valence-electron chi connectivity index (χ0n) is 9.53. The van der Waals surface area contributed by atoms with Crippen LogP contribution in [-0.2, 0) is 4.74 Å². The second kappa shape index (κ2) is 5.13. The molecule has 1 aromatic rings. The van der Waals surface area contributed by atoms with Crippen LogP contribution in [0.25, 0.3) is 0 Å². The van der Waals surface area contributed by atoms with Gasteiger partial charge in [0.15, 0.2) is 0 Å². The highest BCUT2D eigenvalue weighted by molar-refractivity contribution is 5.58. The van der Waals surface area contributed by atoms with Crippen molar-refractivity contribution in [2.45, 2.75) is 12.1 Å². The van der Waals surface area contributed by atoms with E-state index in [0.29, 0.717) is 5.69 Å². The van der Waals surface area contributed by atoms with Crippen LogP contribution in [0, 0.1) is 17.1 Å². The fourth-order valence-electron chi connectivity index (χ4n) is 2.00. The molecule has 0 aliphatic carbocycles. The Kier molecular flexibility index (Phi) is 3.57. The van der Waals surface area contributed by atoms with Crippen molar-refractivity contribution in [1.29, 1.82) is 5.26 Å². The molecule has 1 aliphatic heterocycles. The molecule has 0 bridgehead atoms. The smallest absolute Gasteiger partial charge is 0.143 e. The quantitative estimate of drug-likeness (QED) is 0.823. The number of nitriles is 1. The number of nitrogens with zero attached hydrogens (tertiary/aromatic N) is 1. The summed E-state index contributed by atoms with van der Waals surface area (Å²) in [5, 5.41) is 15.3. The van der Waals surface area contributed by atoms with Gasteiger partial charge in [0.2, 0.25) is 0 Å². The minimum atomic E-state index is -0.502. The van der Waals surface area contributed by atoms with Crippen molar-refractivity contribution in [2.24, 2.45) is 0 Å². The largest absolute Gasteiger partial charge is 0.378 e. The van der Waals surface area contributed by atoms with Crippen LogP contribution >= 0.6 is 0 Å². The molecule has 90 valence electrons. The molecular formula is C12H14FN3O. The molecule has 2 rings (SSSR count). The minimum absolute atomic E-state index is 0.0322. The van der Waals surface area contributed by atoms with Gasteiger partial charge in [-0.25, -0.2) is 4.39 Å². The first-order valence-electron chi connectivity index (χ1n) is 5.45. The molecule has 1 fully saturated rings. The predicted molar refractivity (Wildman–Crippen MR) is 62.2 cm³/mol. The molecular weight excluding hydrogens is 221 g/mol. The van der Waals surface area contributed by atoms with Crippen molar-refractivity contribution in [3.05, 3.63) is 29.6 Å². The van der Waals surface area contributed by atoms with E-state index in [2.05, 4.69) is 10.6 Å². The topological polar surface area (TPSA) is 57.1 Å². The van der Waals surface area contributed by atoms with E-state index in [1.165, 1.54) is 6.07 Å². The Hall–Kier alpha value is -1.64. The highest BCUT2D eigenvalue weighted by atomic mass is 19.1. The second-order valence-electron chi connectivity index (χ2n) is 3.96. The maximum atomic E-state index is 13.4. The Labute approximate surface area is 99.4 Å². The number of methoxy groups -OCH3 is 1. The second-order valence-corrected chi connectivity index (χ2v) is 3.96. The van der Waals surface area contributed by atoms with Crippen molar-refractivity contribution in [2.75, 3.05) is 25.5 Å². The number of hydrogen-bond acceptors (Lipinski definition) is 4. The molecule has 5 heteroatoms. The lowest BCUT2D eigenvalue weighted by Gasteiger charge is -2.20. The van der Waals surface area contributed by atoms with Gasteiger partial charge in [-0.3, -0.25) is 0 Å². The lowest BCUT2D eigenvalue weighted by atomic mass is 10.1. The zero-order valence-corrected chi connectivity index (χ0v) is 9.53. The summed E-state index contributed by atoms with van der Waals surface area (Å²) in [7, 11) is 1.64. The number of ether oxygens (including phenoxy) is 1. The number of rotatable bonds is 3. The van der Waals surface area contributed by atoms with E-state index < -0.39 is 5.82 Å². The minimum Gasteiger partial charge on any atom is -0.378 e. The van der Waals surface area contributed by atoms with Crippen LogP contribution in [0.4, 0.5) is 10.1 Å². The lowest BCUT2D eigenvalue weighted by molar-refractivity contribution is 0.111. The molecule has 0 amide bonds. The van der Waals surface area contributed by atoms with Gasteiger partial charge in [0.1, 0.15) is 17.4 Å². The monoisotopic (exact) mass is 235 g/mol. The molecule has 1 saturated heterocycles.